The third-order valence-electron chi connectivity index (χ3n) is 4.09. The number of anilines is 1. The van der Waals surface area contributed by atoms with E-state index in [4.69, 9.17) is 0 Å². The smallest absolute Gasteiger partial charge is 0.274 e. The minimum atomic E-state index is -1.69. The monoisotopic (exact) mass is 399 g/mol. The first-order valence-corrected chi connectivity index (χ1v) is 8.58. The Bertz CT molecular complexity index is 1060. The highest BCUT2D eigenvalue weighted by Gasteiger charge is 2.19. The molecule has 0 atom stereocenters. The summed E-state index contributed by atoms with van der Waals surface area (Å²) in [5, 5.41) is 2.12. The van der Waals surface area contributed by atoms with Crippen molar-refractivity contribution in [3.05, 3.63) is 95.1 Å². The van der Waals surface area contributed by atoms with E-state index in [1.807, 2.05) is 30.3 Å². The van der Waals surface area contributed by atoms with Crippen LogP contribution in [0.15, 0.2) is 60.7 Å². The second kappa shape index (κ2) is 8.55. The van der Waals surface area contributed by atoms with Crippen LogP contribution in [0.1, 0.15) is 26.5 Å². The summed E-state index contributed by atoms with van der Waals surface area (Å²) in [5.41, 5.74) is 0.231. The Morgan fingerprint density at radius 2 is 1.59 bits per heavy atom. The molecule has 0 aliphatic rings. The predicted octanol–water partition coefficient (Wildman–Crippen LogP) is 4.02. The summed E-state index contributed by atoms with van der Waals surface area (Å²) in [5.74, 6) is -5.86. The van der Waals surface area contributed by atoms with E-state index in [0.29, 0.717) is 12.6 Å². The van der Waals surface area contributed by atoms with Crippen LogP contribution in [-0.2, 0) is 6.54 Å². The number of nitrogens with one attached hydrogen (secondary N) is 1. The van der Waals surface area contributed by atoms with Crippen LogP contribution in [0.5, 0.6) is 0 Å². The Kier molecular flexibility index (Phi) is 5.92. The zero-order chi connectivity index (χ0) is 21.0. The summed E-state index contributed by atoms with van der Waals surface area (Å²) in [4.78, 5) is 30.4. The predicted molar refractivity (Wildman–Crippen MR) is 101 cm³/mol. The van der Waals surface area contributed by atoms with Crippen LogP contribution in [0.3, 0.4) is 0 Å². The van der Waals surface area contributed by atoms with Gasteiger partial charge in [0.2, 0.25) is 0 Å². The van der Waals surface area contributed by atoms with E-state index in [0.717, 1.165) is 11.6 Å². The van der Waals surface area contributed by atoms with E-state index in [1.165, 1.54) is 23.1 Å². The van der Waals surface area contributed by atoms with Gasteiger partial charge in [-0.25, -0.2) is 18.2 Å². The molecular weight excluding hydrogens is 383 g/mol. The highest BCUT2D eigenvalue weighted by Crippen LogP contribution is 2.20. The number of pyridine rings is 1. The van der Waals surface area contributed by atoms with Crippen molar-refractivity contribution >= 4 is 17.5 Å². The molecule has 0 bridgehead atoms. The van der Waals surface area contributed by atoms with E-state index in [9.17, 15) is 22.8 Å². The Labute approximate surface area is 164 Å². The van der Waals surface area contributed by atoms with Crippen LogP contribution in [0.2, 0.25) is 0 Å². The number of halogens is 3. The molecule has 0 saturated heterocycles. The fourth-order valence-electron chi connectivity index (χ4n) is 2.61. The number of amides is 2. The molecule has 5 nitrogen and oxygen atoms in total. The number of rotatable bonds is 5. The first kappa shape index (κ1) is 20.1. The molecule has 8 heteroatoms. The highest BCUT2D eigenvalue weighted by molar-refractivity contribution is 6.03. The van der Waals surface area contributed by atoms with Crippen molar-refractivity contribution in [2.75, 3.05) is 12.4 Å². The SMILES string of the molecule is CN(Cc1ccccc1)C(=O)c1cccc(C(=O)Nc2ccc(F)c(F)c2F)n1. The van der Waals surface area contributed by atoms with Crippen LogP contribution < -0.4 is 5.32 Å². The first-order chi connectivity index (χ1) is 13.9. The molecule has 1 N–H and O–H groups in total. The number of hydrogen-bond acceptors (Lipinski definition) is 3. The van der Waals surface area contributed by atoms with Gasteiger partial charge >= 0.3 is 0 Å². The van der Waals surface area contributed by atoms with Gasteiger partial charge in [-0.3, -0.25) is 9.59 Å². The van der Waals surface area contributed by atoms with Crippen molar-refractivity contribution in [1.29, 1.82) is 0 Å². The van der Waals surface area contributed by atoms with Gasteiger partial charge in [0, 0.05) is 13.6 Å². The summed E-state index contributed by atoms with van der Waals surface area (Å²) in [6.45, 7) is 0.345. The molecule has 2 amide bonds. The average Bonchev–Trinajstić information content (AvgIpc) is 2.74. The molecule has 2 aromatic carbocycles. The third kappa shape index (κ3) is 4.60. The van der Waals surface area contributed by atoms with Gasteiger partial charge in [-0.2, -0.15) is 0 Å². The molecule has 0 fully saturated rings. The van der Waals surface area contributed by atoms with Gasteiger partial charge in [0.25, 0.3) is 11.8 Å². The number of nitrogens with zero attached hydrogens (tertiary/aromatic N) is 2. The van der Waals surface area contributed by atoms with Crippen LogP contribution in [0.4, 0.5) is 18.9 Å². The van der Waals surface area contributed by atoms with Crippen LogP contribution in [0, 0.1) is 17.5 Å². The first-order valence-electron chi connectivity index (χ1n) is 8.58. The zero-order valence-electron chi connectivity index (χ0n) is 15.3. The normalized spacial score (nSPS) is 10.5. The molecule has 0 saturated carbocycles. The molecule has 29 heavy (non-hydrogen) atoms. The second-order valence-corrected chi connectivity index (χ2v) is 6.23. The van der Waals surface area contributed by atoms with E-state index in [1.54, 1.807) is 7.05 Å². The lowest BCUT2D eigenvalue weighted by Crippen LogP contribution is -2.27. The number of benzene rings is 2. The van der Waals surface area contributed by atoms with Crippen LogP contribution in [0.25, 0.3) is 0 Å². The average molecular weight is 399 g/mol. The standard InChI is InChI=1S/C21H16F3N3O2/c1-27(12-13-6-3-2-4-7-13)21(29)17-9-5-8-16(25-17)20(28)26-15-11-10-14(22)18(23)19(15)24/h2-11H,12H2,1H3,(H,26,28). The molecule has 3 aromatic rings. The molecular formula is C21H16F3N3O2. The van der Waals surface area contributed by atoms with E-state index in [2.05, 4.69) is 10.3 Å². The lowest BCUT2D eigenvalue weighted by atomic mass is 10.2. The molecule has 148 valence electrons. The van der Waals surface area contributed by atoms with Crippen LogP contribution in [-0.4, -0.2) is 28.7 Å². The van der Waals surface area contributed by atoms with Gasteiger partial charge in [-0.05, 0) is 29.8 Å². The lowest BCUT2D eigenvalue weighted by Gasteiger charge is -2.17. The van der Waals surface area contributed by atoms with Crippen molar-refractivity contribution < 1.29 is 22.8 Å². The van der Waals surface area contributed by atoms with Crippen molar-refractivity contribution in [3.63, 3.8) is 0 Å². The van der Waals surface area contributed by atoms with Crippen molar-refractivity contribution in [3.8, 4) is 0 Å². The summed E-state index contributed by atoms with van der Waals surface area (Å²) < 4.78 is 40.1. The minimum Gasteiger partial charge on any atom is -0.336 e. The number of aromatic nitrogens is 1. The Hall–Kier alpha value is -3.68. The Morgan fingerprint density at radius 3 is 2.31 bits per heavy atom. The van der Waals surface area contributed by atoms with Gasteiger partial charge in [-0.15, -0.1) is 0 Å². The maximum atomic E-state index is 13.7. The third-order valence-corrected chi connectivity index (χ3v) is 4.09. The number of carbonyl (C=O) groups excluding carboxylic acids is 2. The quantitative estimate of drug-likeness (QED) is 0.659. The largest absolute Gasteiger partial charge is 0.336 e. The highest BCUT2D eigenvalue weighted by atomic mass is 19.2. The van der Waals surface area contributed by atoms with Gasteiger partial charge in [-0.1, -0.05) is 36.4 Å². The van der Waals surface area contributed by atoms with E-state index >= 15 is 0 Å². The van der Waals surface area contributed by atoms with Crippen LogP contribution >= 0.6 is 0 Å². The fourth-order valence-corrected chi connectivity index (χ4v) is 2.61. The maximum Gasteiger partial charge on any atom is 0.274 e. The number of carbonyl (C=O) groups is 2. The molecule has 1 aromatic heterocycles. The van der Waals surface area contributed by atoms with Gasteiger partial charge in [0.05, 0.1) is 5.69 Å². The Balaban J connectivity index is 1.75. The summed E-state index contributed by atoms with van der Waals surface area (Å²) >= 11 is 0. The molecule has 0 radical (unpaired) electrons. The topological polar surface area (TPSA) is 62.3 Å². The van der Waals surface area contributed by atoms with E-state index in [-0.39, 0.29) is 11.4 Å². The van der Waals surface area contributed by atoms with Gasteiger partial charge < -0.3 is 10.2 Å². The molecule has 0 aliphatic heterocycles. The summed E-state index contributed by atoms with van der Waals surface area (Å²) in [6, 6.07) is 15.1. The Morgan fingerprint density at radius 1 is 0.897 bits per heavy atom. The molecule has 0 unspecified atom stereocenters. The summed E-state index contributed by atoms with van der Waals surface area (Å²) in [6.07, 6.45) is 0. The van der Waals surface area contributed by atoms with Gasteiger partial charge in [0.15, 0.2) is 17.5 Å². The molecule has 1 heterocycles. The molecule has 0 aliphatic carbocycles. The van der Waals surface area contributed by atoms with Crippen molar-refractivity contribution in [1.82, 2.24) is 9.88 Å². The second-order valence-electron chi connectivity index (χ2n) is 6.23. The number of hydrogen-bond donors (Lipinski definition) is 1. The van der Waals surface area contributed by atoms with E-state index < -0.39 is 35.0 Å². The van der Waals surface area contributed by atoms with Crippen molar-refractivity contribution in [2.24, 2.45) is 0 Å². The van der Waals surface area contributed by atoms with Crippen molar-refractivity contribution in [2.45, 2.75) is 6.54 Å². The molecule has 3 rings (SSSR count). The van der Waals surface area contributed by atoms with Gasteiger partial charge in [0.1, 0.15) is 11.4 Å². The minimum absolute atomic E-state index is 0.0156. The maximum absolute atomic E-state index is 13.7. The fraction of sp³-hybridized carbons (Fsp3) is 0.0952. The molecule has 0 spiro atoms. The lowest BCUT2D eigenvalue weighted by molar-refractivity contribution is 0.0779. The zero-order valence-corrected chi connectivity index (χ0v) is 15.3. The summed E-state index contributed by atoms with van der Waals surface area (Å²) in [7, 11) is 1.60.